The average molecular weight is 345 g/mol. The number of anilines is 1. The van der Waals surface area contributed by atoms with Gasteiger partial charge in [-0.2, -0.15) is 0 Å². The Morgan fingerprint density at radius 2 is 1.60 bits per heavy atom. The van der Waals surface area contributed by atoms with Crippen LogP contribution in [0.1, 0.15) is 31.2 Å². The van der Waals surface area contributed by atoms with E-state index in [-0.39, 0.29) is 17.7 Å². The highest BCUT2D eigenvalue weighted by molar-refractivity contribution is 5.80. The Bertz CT molecular complexity index is 635. The second kappa shape index (κ2) is 7.37. The van der Waals surface area contributed by atoms with Crippen molar-refractivity contribution in [3.8, 4) is 0 Å². The second-order valence-electron chi connectivity index (χ2n) is 7.07. The van der Waals surface area contributed by atoms with Crippen LogP contribution in [0.5, 0.6) is 0 Å². The monoisotopic (exact) mass is 345 g/mol. The Morgan fingerprint density at radius 1 is 1.00 bits per heavy atom. The maximum Gasteiger partial charge on any atom is 0.227 e. The van der Waals surface area contributed by atoms with Crippen molar-refractivity contribution < 1.29 is 9.59 Å². The second-order valence-corrected chi connectivity index (χ2v) is 7.07. The van der Waals surface area contributed by atoms with Crippen molar-refractivity contribution in [1.29, 1.82) is 0 Å². The van der Waals surface area contributed by atoms with E-state index in [1.807, 2.05) is 24.8 Å². The van der Waals surface area contributed by atoms with Crippen LogP contribution >= 0.6 is 0 Å². The van der Waals surface area contributed by atoms with E-state index in [1.165, 1.54) is 0 Å². The molecule has 0 bridgehead atoms. The van der Waals surface area contributed by atoms with Crippen molar-refractivity contribution in [2.45, 2.75) is 33.6 Å². The lowest BCUT2D eigenvalue weighted by atomic mass is 9.96. The molecule has 0 aromatic carbocycles. The molecule has 25 heavy (non-hydrogen) atoms. The molecule has 3 rings (SSSR count). The van der Waals surface area contributed by atoms with Gasteiger partial charge >= 0.3 is 0 Å². The maximum absolute atomic E-state index is 12.9. The fourth-order valence-electron chi connectivity index (χ4n) is 3.71. The molecule has 2 fully saturated rings. The highest BCUT2D eigenvalue weighted by Crippen LogP contribution is 2.23. The summed E-state index contributed by atoms with van der Waals surface area (Å²) >= 11 is 0. The first kappa shape index (κ1) is 17.6. The molecule has 0 saturated carbocycles. The van der Waals surface area contributed by atoms with E-state index in [4.69, 9.17) is 0 Å². The fraction of sp³-hybridized carbons (Fsp3) is 0.667. The molecule has 2 saturated heterocycles. The smallest absolute Gasteiger partial charge is 0.227 e. The maximum atomic E-state index is 12.9. The summed E-state index contributed by atoms with van der Waals surface area (Å²) in [5, 5.41) is 0. The third kappa shape index (κ3) is 4.08. The van der Waals surface area contributed by atoms with E-state index in [1.54, 1.807) is 11.8 Å². The van der Waals surface area contributed by atoms with Crippen LogP contribution in [0.15, 0.2) is 6.07 Å². The van der Waals surface area contributed by atoms with Gasteiger partial charge in [0, 0.05) is 57.6 Å². The number of rotatable bonds is 2. The van der Waals surface area contributed by atoms with Crippen LogP contribution in [0.25, 0.3) is 0 Å². The number of amides is 2. The molecule has 0 unspecified atom stereocenters. The first-order valence-corrected chi connectivity index (χ1v) is 9.05. The minimum Gasteiger partial charge on any atom is -0.340 e. The van der Waals surface area contributed by atoms with Gasteiger partial charge in [0.15, 0.2) is 0 Å². The van der Waals surface area contributed by atoms with Gasteiger partial charge in [-0.05, 0) is 32.8 Å². The lowest BCUT2D eigenvalue weighted by molar-refractivity contribution is -0.141. The molecule has 7 nitrogen and oxygen atoms in total. The van der Waals surface area contributed by atoms with E-state index in [9.17, 15) is 9.59 Å². The van der Waals surface area contributed by atoms with Crippen molar-refractivity contribution in [2.75, 3.05) is 44.2 Å². The summed E-state index contributed by atoms with van der Waals surface area (Å²) in [6.07, 6.45) is 1.88. The Morgan fingerprint density at radius 3 is 2.20 bits per heavy atom. The summed E-state index contributed by atoms with van der Waals surface area (Å²) in [7, 11) is 0. The van der Waals surface area contributed by atoms with E-state index in [0.29, 0.717) is 32.7 Å². The van der Waals surface area contributed by atoms with Gasteiger partial charge in [-0.1, -0.05) is 0 Å². The molecule has 2 amide bonds. The Labute approximate surface area is 149 Å². The van der Waals surface area contributed by atoms with Crippen LogP contribution in [-0.2, 0) is 9.59 Å². The van der Waals surface area contributed by atoms with Gasteiger partial charge < -0.3 is 14.7 Å². The number of hydrogen-bond acceptors (Lipinski definition) is 5. The largest absolute Gasteiger partial charge is 0.340 e. The number of nitrogens with zero attached hydrogens (tertiary/aromatic N) is 5. The summed E-state index contributed by atoms with van der Waals surface area (Å²) in [6.45, 7) is 9.64. The van der Waals surface area contributed by atoms with Crippen molar-refractivity contribution in [3.63, 3.8) is 0 Å². The summed E-state index contributed by atoms with van der Waals surface area (Å²) in [5.41, 5.74) is 1.91. The number of hydrogen-bond donors (Lipinski definition) is 0. The SMILES string of the molecule is CC(=O)N1CCN(C(=O)[C@H]2CCCN(c3nc(C)cc(C)n3)C2)CC1. The van der Waals surface area contributed by atoms with Crippen LogP contribution < -0.4 is 4.90 Å². The molecule has 7 heteroatoms. The van der Waals surface area contributed by atoms with E-state index in [2.05, 4.69) is 14.9 Å². The summed E-state index contributed by atoms with van der Waals surface area (Å²) in [4.78, 5) is 39.3. The van der Waals surface area contributed by atoms with E-state index >= 15 is 0 Å². The van der Waals surface area contributed by atoms with Gasteiger partial charge in [0.25, 0.3) is 0 Å². The normalized spacial score (nSPS) is 21.4. The zero-order valence-electron chi connectivity index (χ0n) is 15.4. The fourth-order valence-corrected chi connectivity index (χ4v) is 3.71. The predicted octanol–water partition coefficient (Wildman–Crippen LogP) is 1.00. The first-order chi connectivity index (χ1) is 11.9. The lowest BCUT2D eigenvalue weighted by Crippen LogP contribution is -2.53. The molecule has 1 aromatic rings. The number of carbonyl (C=O) groups is 2. The first-order valence-electron chi connectivity index (χ1n) is 9.05. The molecule has 0 aliphatic carbocycles. The van der Waals surface area contributed by atoms with Crippen LogP contribution in [0, 0.1) is 19.8 Å². The quantitative estimate of drug-likeness (QED) is 0.800. The Hall–Kier alpha value is -2.18. The topological polar surface area (TPSA) is 69.6 Å². The van der Waals surface area contributed by atoms with Crippen molar-refractivity contribution in [2.24, 2.45) is 5.92 Å². The van der Waals surface area contributed by atoms with E-state index < -0.39 is 0 Å². The van der Waals surface area contributed by atoms with Crippen LogP contribution in [0.2, 0.25) is 0 Å². The number of piperazine rings is 1. The number of carbonyl (C=O) groups excluding carboxylic acids is 2. The zero-order valence-corrected chi connectivity index (χ0v) is 15.4. The number of piperidine rings is 1. The van der Waals surface area contributed by atoms with Crippen molar-refractivity contribution in [3.05, 3.63) is 17.5 Å². The third-order valence-corrected chi connectivity index (χ3v) is 5.06. The minimum absolute atomic E-state index is 0.0120. The highest BCUT2D eigenvalue weighted by Gasteiger charge is 2.32. The predicted molar refractivity (Wildman–Crippen MR) is 95.3 cm³/mol. The molecule has 1 atom stereocenters. The summed E-state index contributed by atoms with van der Waals surface area (Å²) in [5.74, 6) is 1.01. The van der Waals surface area contributed by atoms with Gasteiger partial charge in [-0.3, -0.25) is 9.59 Å². The molecular formula is C18H27N5O2. The molecule has 2 aliphatic heterocycles. The Balaban J connectivity index is 1.63. The molecule has 2 aliphatic rings. The summed E-state index contributed by atoms with van der Waals surface area (Å²) < 4.78 is 0. The molecule has 0 radical (unpaired) electrons. The van der Waals surface area contributed by atoms with Gasteiger partial charge in [-0.15, -0.1) is 0 Å². The number of aromatic nitrogens is 2. The van der Waals surface area contributed by atoms with Gasteiger partial charge in [0.05, 0.1) is 5.92 Å². The van der Waals surface area contributed by atoms with Crippen LogP contribution in [0.4, 0.5) is 5.95 Å². The molecular weight excluding hydrogens is 318 g/mol. The van der Waals surface area contributed by atoms with Gasteiger partial charge in [-0.25, -0.2) is 9.97 Å². The molecule has 0 spiro atoms. The molecule has 136 valence electrons. The summed E-state index contributed by atoms with van der Waals surface area (Å²) in [6, 6.07) is 1.96. The third-order valence-electron chi connectivity index (χ3n) is 5.06. The van der Waals surface area contributed by atoms with E-state index in [0.717, 1.165) is 36.7 Å². The highest BCUT2D eigenvalue weighted by atomic mass is 16.2. The molecule has 0 N–H and O–H groups in total. The van der Waals surface area contributed by atoms with Crippen molar-refractivity contribution >= 4 is 17.8 Å². The average Bonchev–Trinajstić information content (AvgIpc) is 2.60. The zero-order chi connectivity index (χ0) is 18.0. The molecule has 1 aromatic heterocycles. The number of aryl methyl sites for hydroxylation is 2. The minimum atomic E-state index is -0.0120. The van der Waals surface area contributed by atoms with Gasteiger partial charge in [0.2, 0.25) is 17.8 Å². The Kier molecular flexibility index (Phi) is 5.20. The van der Waals surface area contributed by atoms with Crippen molar-refractivity contribution in [1.82, 2.24) is 19.8 Å². The van der Waals surface area contributed by atoms with Crippen LogP contribution in [0.3, 0.4) is 0 Å². The van der Waals surface area contributed by atoms with Gasteiger partial charge in [0.1, 0.15) is 0 Å². The molecule has 3 heterocycles. The standard InChI is InChI=1S/C18H27N5O2/c1-13-11-14(2)20-18(19-13)23-6-4-5-16(12-23)17(25)22-9-7-21(8-10-22)15(3)24/h11,16H,4-10,12H2,1-3H3/t16-/m0/s1. The lowest BCUT2D eigenvalue weighted by Gasteiger charge is -2.38. The van der Waals surface area contributed by atoms with Crippen LogP contribution in [-0.4, -0.2) is 70.9 Å².